The molecule has 0 saturated heterocycles. The highest BCUT2D eigenvalue weighted by Crippen LogP contribution is 2.19. The molecule has 162 valence electrons. The average molecular weight is 556 g/mol. The summed E-state index contributed by atoms with van der Waals surface area (Å²) < 4.78 is 1.99. The Labute approximate surface area is 200 Å². The number of hydrogen-bond acceptors (Lipinski definition) is 3. The van der Waals surface area contributed by atoms with Gasteiger partial charge in [-0.25, -0.2) is 0 Å². The van der Waals surface area contributed by atoms with E-state index in [2.05, 4.69) is 37.2 Å². The molecule has 0 aliphatic heterocycles. The fourth-order valence-corrected chi connectivity index (χ4v) is 4.38. The van der Waals surface area contributed by atoms with Crippen LogP contribution in [-0.4, -0.2) is 34.6 Å². The monoisotopic (exact) mass is 554 g/mol. The van der Waals surface area contributed by atoms with Gasteiger partial charge in [-0.2, -0.15) is 0 Å². The number of benzene rings is 2. The SMILES string of the molecule is CC[C@@H](C)NC(=O)[C@H](C)N(Cc1cccc(Br)c1)C(=O)CSCc1ccc(Br)cc1. The van der Waals surface area contributed by atoms with E-state index in [9.17, 15) is 9.59 Å². The van der Waals surface area contributed by atoms with Crippen molar-refractivity contribution in [3.05, 3.63) is 68.6 Å². The van der Waals surface area contributed by atoms with Crippen LogP contribution < -0.4 is 5.32 Å². The van der Waals surface area contributed by atoms with Gasteiger partial charge in [-0.3, -0.25) is 9.59 Å². The van der Waals surface area contributed by atoms with Gasteiger partial charge in [-0.1, -0.05) is 63.0 Å². The van der Waals surface area contributed by atoms with E-state index in [1.54, 1.807) is 23.6 Å². The molecule has 7 heteroatoms. The summed E-state index contributed by atoms with van der Waals surface area (Å²) in [6.45, 7) is 6.19. The van der Waals surface area contributed by atoms with Gasteiger partial charge in [-0.15, -0.1) is 11.8 Å². The number of carbonyl (C=O) groups is 2. The van der Waals surface area contributed by atoms with Crippen molar-refractivity contribution < 1.29 is 9.59 Å². The third-order valence-corrected chi connectivity index (χ3v) is 6.83. The van der Waals surface area contributed by atoms with E-state index in [1.165, 1.54) is 0 Å². The summed E-state index contributed by atoms with van der Waals surface area (Å²) >= 11 is 8.48. The molecule has 0 radical (unpaired) electrons. The van der Waals surface area contributed by atoms with Crippen LogP contribution in [0.15, 0.2) is 57.5 Å². The van der Waals surface area contributed by atoms with Crippen LogP contribution in [0.2, 0.25) is 0 Å². The van der Waals surface area contributed by atoms with E-state index in [1.807, 2.05) is 62.4 Å². The number of nitrogens with zero attached hydrogens (tertiary/aromatic N) is 1. The van der Waals surface area contributed by atoms with Crippen molar-refractivity contribution in [1.82, 2.24) is 10.2 Å². The third-order valence-electron chi connectivity index (χ3n) is 4.82. The molecule has 2 aromatic carbocycles. The average Bonchev–Trinajstić information content (AvgIpc) is 2.72. The van der Waals surface area contributed by atoms with Gasteiger partial charge in [0.2, 0.25) is 11.8 Å². The quantitative estimate of drug-likeness (QED) is 0.404. The van der Waals surface area contributed by atoms with E-state index in [4.69, 9.17) is 0 Å². The van der Waals surface area contributed by atoms with Crippen molar-refractivity contribution in [3.8, 4) is 0 Å². The summed E-state index contributed by atoms with van der Waals surface area (Å²) in [7, 11) is 0. The fraction of sp³-hybridized carbons (Fsp3) is 0.391. The number of halogens is 2. The molecular weight excluding hydrogens is 528 g/mol. The summed E-state index contributed by atoms with van der Waals surface area (Å²) in [5.74, 6) is 0.914. The number of thioether (sulfide) groups is 1. The van der Waals surface area contributed by atoms with Gasteiger partial charge < -0.3 is 10.2 Å². The Balaban J connectivity index is 2.07. The van der Waals surface area contributed by atoms with Gasteiger partial charge in [0, 0.05) is 27.3 Å². The Kier molecular flexibility index (Phi) is 10.4. The van der Waals surface area contributed by atoms with Crippen molar-refractivity contribution in [2.24, 2.45) is 0 Å². The molecule has 2 atom stereocenters. The van der Waals surface area contributed by atoms with Crippen molar-refractivity contribution >= 4 is 55.4 Å². The lowest BCUT2D eigenvalue weighted by Crippen LogP contribution is -2.50. The molecule has 0 fully saturated rings. The van der Waals surface area contributed by atoms with Gasteiger partial charge in [0.1, 0.15) is 6.04 Å². The fourth-order valence-electron chi connectivity index (χ4n) is 2.80. The predicted octanol–water partition coefficient (Wildman–Crippen LogP) is 5.78. The van der Waals surface area contributed by atoms with Gasteiger partial charge in [0.25, 0.3) is 0 Å². The number of hydrogen-bond donors (Lipinski definition) is 1. The maximum Gasteiger partial charge on any atom is 0.242 e. The Morgan fingerprint density at radius 2 is 1.73 bits per heavy atom. The van der Waals surface area contributed by atoms with E-state index >= 15 is 0 Å². The number of rotatable bonds is 10. The summed E-state index contributed by atoms with van der Waals surface area (Å²) in [5, 5.41) is 3.00. The van der Waals surface area contributed by atoms with Crippen LogP contribution in [0.5, 0.6) is 0 Å². The van der Waals surface area contributed by atoms with Crippen LogP contribution in [0, 0.1) is 0 Å². The first-order valence-corrected chi connectivity index (χ1v) is 12.7. The van der Waals surface area contributed by atoms with Crippen LogP contribution in [0.1, 0.15) is 38.3 Å². The number of amides is 2. The highest BCUT2D eigenvalue weighted by Gasteiger charge is 2.26. The van der Waals surface area contributed by atoms with E-state index in [-0.39, 0.29) is 17.9 Å². The first-order chi connectivity index (χ1) is 14.3. The van der Waals surface area contributed by atoms with Gasteiger partial charge in [0.05, 0.1) is 5.75 Å². The van der Waals surface area contributed by atoms with Crippen LogP contribution in [-0.2, 0) is 21.9 Å². The molecule has 30 heavy (non-hydrogen) atoms. The molecule has 0 aliphatic carbocycles. The van der Waals surface area contributed by atoms with Crippen LogP contribution >= 0.6 is 43.6 Å². The van der Waals surface area contributed by atoms with Crippen molar-refractivity contribution in [3.63, 3.8) is 0 Å². The molecule has 0 unspecified atom stereocenters. The van der Waals surface area contributed by atoms with Gasteiger partial charge in [0.15, 0.2) is 0 Å². The van der Waals surface area contributed by atoms with Crippen molar-refractivity contribution in [1.29, 1.82) is 0 Å². The lowest BCUT2D eigenvalue weighted by Gasteiger charge is -2.29. The lowest BCUT2D eigenvalue weighted by atomic mass is 10.1. The molecule has 4 nitrogen and oxygen atoms in total. The zero-order valence-electron chi connectivity index (χ0n) is 17.5. The molecule has 1 N–H and O–H groups in total. The van der Waals surface area contributed by atoms with Crippen molar-refractivity contribution in [2.45, 2.75) is 51.6 Å². The second kappa shape index (κ2) is 12.5. The van der Waals surface area contributed by atoms with Crippen LogP contribution in [0.25, 0.3) is 0 Å². The van der Waals surface area contributed by atoms with Crippen LogP contribution in [0.3, 0.4) is 0 Å². The molecule has 0 aliphatic rings. The molecule has 0 spiro atoms. The first kappa shape index (κ1) is 25.0. The summed E-state index contributed by atoms with van der Waals surface area (Å²) in [5.41, 5.74) is 2.15. The summed E-state index contributed by atoms with van der Waals surface area (Å²) in [6.07, 6.45) is 0.848. The second-order valence-electron chi connectivity index (χ2n) is 7.26. The van der Waals surface area contributed by atoms with Crippen molar-refractivity contribution in [2.75, 3.05) is 5.75 Å². The molecule has 0 aromatic heterocycles. The topological polar surface area (TPSA) is 49.4 Å². The Morgan fingerprint density at radius 1 is 1.03 bits per heavy atom. The standard InChI is InChI=1S/C23H28Br2N2O2S/c1-4-16(2)26-23(29)17(3)27(13-19-6-5-7-21(25)12-19)22(28)15-30-14-18-8-10-20(24)11-9-18/h5-12,16-17H,4,13-15H2,1-3H3,(H,26,29)/t16-,17+/m1/s1. The third kappa shape index (κ3) is 8.08. The zero-order valence-corrected chi connectivity index (χ0v) is 21.5. The van der Waals surface area contributed by atoms with E-state index in [0.717, 1.165) is 32.2 Å². The Morgan fingerprint density at radius 3 is 2.37 bits per heavy atom. The highest BCUT2D eigenvalue weighted by atomic mass is 79.9. The molecule has 0 bridgehead atoms. The summed E-state index contributed by atoms with van der Waals surface area (Å²) in [4.78, 5) is 27.5. The maximum absolute atomic E-state index is 13.1. The zero-order chi connectivity index (χ0) is 22.1. The molecule has 0 saturated carbocycles. The maximum atomic E-state index is 13.1. The molecular formula is C23H28Br2N2O2S. The largest absolute Gasteiger partial charge is 0.352 e. The molecule has 2 aromatic rings. The molecule has 0 heterocycles. The highest BCUT2D eigenvalue weighted by molar-refractivity contribution is 9.10. The minimum Gasteiger partial charge on any atom is -0.352 e. The lowest BCUT2D eigenvalue weighted by molar-refractivity contribution is -0.138. The Hall–Kier alpha value is -1.31. The Bertz CT molecular complexity index is 845. The van der Waals surface area contributed by atoms with E-state index < -0.39 is 6.04 Å². The number of nitrogens with one attached hydrogen (secondary N) is 1. The number of carbonyl (C=O) groups excluding carboxylic acids is 2. The molecule has 2 rings (SSSR count). The predicted molar refractivity (Wildman–Crippen MR) is 132 cm³/mol. The second-order valence-corrected chi connectivity index (χ2v) is 10.1. The minimum absolute atomic E-state index is 0.0381. The van der Waals surface area contributed by atoms with Gasteiger partial charge >= 0.3 is 0 Å². The summed E-state index contributed by atoms with van der Waals surface area (Å²) in [6, 6.07) is 15.5. The van der Waals surface area contributed by atoms with Gasteiger partial charge in [-0.05, 0) is 55.7 Å². The van der Waals surface area contributed by atoms with E-state index in [0.29, 0.717) is 12.3 Å². The minimum atomic E-state index is -0.543. The normalized spacial score (nSPS) is 12.8. The molecule has 2 amide bonds. The first-order valence-electron chi connectivity index (χ1n) is 9.96. The smallest absolute Gasteiger partial charge is 0.242 e. The van der Waals surface area contributed by atoms with Crippen LogP contribution in [0.4, 0.5) is 0 Å².